The summed E-state index contributed by atoms with van der Waals surface area (Å²) in [7, 11) is 0. The van der Waals surface area contributed by atoms with E-state index in [1.165, 1.54) is 18.3 Å². The number of rotatable bonds is 1. The summed E-state index contributed by atoms with van der Waals surface area (Å²) in [6.45, 7) is 0.571. The highest BCUT2D eigenvalue weighted by Crippen LogP contribution is 2.36. The summed E-state index contributed by atoms with van der Waals surface area (Å²) in [6.07, 6.45) is 2.97. The van der Waals surface area contributed by atoms with E-state index in [-0.39, 0.29) is 11.9 Å². The van der Waals surface area contributed by atoms with Gasteiger partial charge in [-0.2, -0.15) is 10.4 Å². The van der Waals surface area contributed by atoms with E-state index in [1.54, 1.807) is 10.7 Å². The van der Waals surface area contributed by atoms with Gasteiger partial charge in [-0.15, -0.1) is 0 Å². The number of hydrogen-bond acceptors (Lipinski definition) is 4. The molecular weight excluding hydrogens is 259 g/mol. The number of halogens is 1. The molecule has 1 aliphatic rings. The lowest BCUT2D eigenvalue weighted by atomic mass is 10.0. The molecular formula is C14H13FN4O. The van der Waals surface area contributed by atoms with Gasteiger partial charge in [-0.05, 0) is 31.0 Å². The van der Waals surface area contributed by atoms with Crippen LogP contribution in [0.5, 0.6) is 5.75 Å². The third-order valence-corrected chi connectivity index (χ3v) is 3.46. The Kier molecular flexibility index (Phi) is 3.03. The highest BCUT2D eigenvalue weighted by atomic mass is 19.1. The molecule has 0 saturated carbocycles. The average Bonchev–Trinajstić information content (AvgIpc) is 2.69. The number of nitrogens with zero attached hydrogens (tertiary/aromatic N) is 3. The predicted octanol–water partition coefficient (Wildman–Crippen LogP) is 2.24. The molecule has 102 valence electrons. The number of anilines is 1. The number of nitriles is 1. The van der Waals surface area contributed by atoms with Gasteiger partial charge in [-0.1, -0.05) is 0 Å². The number of benzene rings is 1. The molecule has 0 amide bonds. The number of ether oxygens (including phenoxy) is 1. The second-order valence-corrected chi connectivity index (χ2v) is 4.69. The maximum Gasteiger partial charge on any atom is 0.140 e. The van der Waals surface area contributed by atoms with Crippen molar-refractivity contribution in [2.24, 2.45) is 0 Å². The van der Waals surface area contributed by atoms with Crippen molar-refractivity contribution in [2.45, 2.75) is 18.9 Å². The molecule has 2 heterocycles. The third kappa shape index (κ3) is 1.97. The summed E-state index contributed by atoms with van der Waals surface area (Å²) < 4.78 is 20.7. The van der Waals surface area contributed by atoms with Gasteiger partial charge < -0.3 is 10.5 Å². The smallest absolute Gasteiger partial charge is 0.140 e. The topological polar surface area (TPSA) is 76.9 Å². The minimum atomic E-state index is -0.328. The van der Waals surface area contributed by atoms with Crippen LogP contribution in [0.3, 0.4) is 0 Å². The second-order valence-electron chi connectivity index (χ2n) is 4.69. The minimum absolute atomic E-state index is 0.217. The zero-order valence-electron chi connectivity index (χ0n) is 10.7. The van der Waals surface area contributed by atoms with Gasteiger partial charge in [-0.25, -0.2) is 9.07 Å². The predicted molar refractivity (Wildman–Crippen MR) is 70.6 cm³/mol. The lowest BCUT2D eigenvalue weighted by molar-refractivity contribution is 0.315. The van der Waals surface area contributed by atoms with E-state index in [9.17, 15) is 4.39 Å². The van der Waals surface area contributed by atoms with Crippen molar-refractivity contribution in [2.75, 3.05) is 12.3 Å². The molecule has 0 saturated heterocycles. The average molecular weight is 272 g/mol. The van der Waals surface area contributed by atoms with E-state index in [4.69, 9.17) is 15.7 Å². The van der Waals surface area contributed by atoms with Crippen molar-refractivity contribution in [1.82, 2.24) is 9.78 Å². The van der Waals surface area contributed by atoms with Gasteiger partial charge in [0.05, 0.1) is 18.8 Å². The number of nitrogen functional groups attached to an aromatic ring is 1. The first kappa shape index (κ1) is 12.5. The Morgan fingerprint density at radius 2 is 2.35 bits per heavy atom. The van der Waals surface area contributed by atoms with Crippen molar-refractivity contribution in [1.29, 1.82) is 5.26 Å². The summed E-state index contributed by atoms with van der Waals surface area (Å²) in [5.41, 5.74) is 6.97. The molecule has 0 spiro atoms. The van der Waals surface area contributed by atoms with E-state index in [2.05, 4.69) is 5.10 Å². The Balaban J connectivity index is 2.12. The van der Waals surface area contributed by atoms with Crippen molar-refractivity contribution in [3.63, 3.8) is 0 Å². The van der Waals surface area contributed by atoms with Crippen LogP contribution in [0.4, 0.5) is 10.2 Å². The maximum atomic E-state index is 13.5. The molecule has 3 rings (SSSR count). The van der Waals surface area contributed by atoms with Crippen LogP contribution >= 0.6 is 0 Å². The molecule has 6 heteroatoms. The fourth-order valence-corrected chi connectivity index (χ4v) is 2.49. The zero-order valence-corrected chi connectivity index (χ0v) is 10.7. The van der Waals surface area contributed by atoms with Gasteiger partial charge >= 0.3 is 0 Å². The van der Waals surface area contributed by atoms with Gasteiger partial charge in [-0.3, -0.25) is 0 Å². The standard InChI is InChI=1S/C14H13FN4O/c15-10-3-4-13-11(6-10)12(2-1-5-20-13)19-14(17)9(7-16)8-18-19/h3-4,6,8,12H,1-2,5,17H2. The Bertz CT molecular complexity index is 689. The monoisotopic (exact) mass is 272 g/mol. The van der Waals surface area contributed by atoms with E-state index in [1.807, 2.05) is 6.07 Å². The third-order valence-electron chi connectivity index (χ3n) is 3.46. The van der Waals surface area contributed by atoms with Crippen LogP contribution in [-0.2, 0) is 0 Å². The van der Waals surface area contributed by atoms with Crippen LogP contribution in [0.2, 0.25) is 0 Å². The van der Waals surface area contributed by atoms with Crippen LogP contribution in [0.15, 0.2) is 24.4 Å². The van der Waals surface area contributed by atoms with Crippen LogP contribution in [0.25, 0.3) is 0 Å². The van der Waals surface area contributed by atoms with E-state index >= 15 is 0 Å². The van der Waals surface area contributed by atoms with Gasteiger partial charge in [0.15, 0.2) is 0 Å². The summed E-state index contributed by atoms with van der Waals surface area (Å²) >= 11 is 0. The zero-order chi connectivity index (χ0) is 14.1. The first-order valence-corrected chi connectivity index (χ1v) is 6.36. The molecule has 1 aliphatic heterocycles. The van der Waals surface area contributed by atoms with Crippen LogP contribution in [0, 0.1) is 17.1 Å². The molecule has 20 heavy (non-hydrogen) atoms. The molecule has 2 N–H and O–H groups in total. The second kappa shape index (κ2) is 4.85. The summed E-state index contributed by atoms with van der Waals surface area (Å²) in [6, 6.07) is 6.21. The first-order valence-electron chi connectivity index (χ1n) is 6.36. The lowest BCUT2D eigenvalue weighted by Crippen LogP contribution is -2.14. The largest absolute Gasteiger partial charge is 0.493 e. The van der Waals surface area contributed by atoms with E-state index in [0.29, 0.717) is 29.3 Å². The van der Waals surface area contributed by atoms with Crippen LogP contribution in [-0.4, -0.2) is 16.4 Å². The van der Waals surface area contributed by atoms with Crippen LogP contribution < -0.4 is 10.5 Å². The first-order chi connectivity index (χ1) is 9.70. The minimum Gasteiger partial charge on any atom is -0.493 e. The Hall–Kier alpha value is -2.55. The number of nitrogens with two attached hydrogens (primary N) is 1. The SMILES string of the molecule is N#Cc1cnn(C2CCCOc3ccc(F)cc32)c1N. The van der Waals surface area contributed by atoms with Gasteiger partial charge in [0.2, 0.25) is 0 Å². The normalized spacial score (nSPS) is 17.7. The Labute approximate surface area is 115 Å². The summed E-state index contributed by atoms with van der Waals surface area (Å²) in [5.74, 6) is 0.613. The van der Waals surface area contributed by atoms with Crippen LogP contribution in [0.1, 0.15) is 30.0 Å². The maximum absolute atomic E-state index is 13.5. The number of aromatic nitrogens is 2. The van der Waals surface area contributed by atoms with E-state index < -0.39 is 0 Å². The molecule has 1 aromatic carbocycles. The molecule has 1 unspecified atom stereocenters. The molecule has 5 nitrogen and oxygen atoms in total. The molecule has 0 aliphatic carbocycles. The highest BCUT2D eigenvalue weighted by Gasteiger charge is 2.25. The Morgan fingerprint density at radius 1 is 1.50 bits per heavy atom. The molecule has 0 radical (unpaired) electrons. The highest BCUT2D eigenvalue weighted by molar-refractivity contribution is 5.49. The van der Waals surface area contributed by atoms with Gasteiger partial charge in [0, 0.05) is 5.56 Å². The van der Waals surface area contributed by atoms with Crippen molar-refractivity contribution in [3.8, 4) is 11.8 Å². The van der Waals surface area contributed by atoms with Crippen molar-refractivity contribution < 1.29 is 9.13 Å². The fourth-order valence-electron chi connectivity index (χ4n) is 2.49. The Morgan fingerprint density at radius 3 is 3.10 bits per heavy atom. The summed E-state index contributed by atoms with van der Waals surface area (Å²) in [4.78, 5) is 0. The fraction of sp³-hybridized carbons (Fsp3) is 0.286. The number of hydrogen-bond donors (Lipinski definition) is 1. The molecule has 2 aromatic rings. The molecule has 1 aromatic heterocycles. The lowest BCUT2D eigenvalue weighted by Gasteiger charge is -2.18. The van der Waals surface area contributed by atoms with Crippen molar-refractivity contribution in [3.05, 3.63) is 41.3 Å². The van der Waals surface area contributed by atoms with Gasteiger partial charge in [0.1, 0.15) is 29.0 Å². The molecule has 0 bridgehead atoms. The van der Waals surface area contributed by atoms with Gasteiger partial charge in [0.25, 0.3) is 0 Å². The van der Waals surface area contributed by atoms with Crippen molar-refractivity contribution >= 4 is 5.82 Å². The van der Waals surface area contributed by atoms with E-state index in [0.717, 1.165) is 12.8 Å². The quantitative estimate of drug-likeness (QED) is 0.863. The molecule has 1 atom stereocenters. The number of fused-ring (bicyclic) bond motifs is 1. The summed E-state index contributed by atoms with van der Waals surface area (Å²) in [5, 5.41) is 13.1. The molecule has 0 fully saturated rings.